The summed E-state index contributed by atoms with van der Waals surface area (Å²) in [6, 6.07) is 16.0. The molecule has 0 spiro atoms. The van der Waals surface area contributed by atoms with Gasteiger partial charge in [0.2, 0.25) is 5.91 Å². The number of carbonyl (C=O) groups is 1. The fourth-order valence-corrected chi connectivity index (χ4v) is 3.02. The van der Waals surface area contributed by atoms with Crippen LogP contribution in [0.1, 0.15) is 0 Å². The fourth-order valence-electron chi connectivity index (χ4n) is 1.70. The first-order chi connectivity index (χ1) is 9.58. The van der Waals surface area contributed by atoms with Gasteiger partial charge in [0, 0.05) is 22.7 Å². The Morgan fingerprint density at radius 3 is 2.50 bits per heavy atom. The van der Waals surface area contributed by atoms with Gasteiger partial charge in [-0.2, -0.15) is 0 Å². The SMILES string of the molecule is CN(C(=O)CS(=O)c1cccc(Cl)c1)c1ccccc1. The molecular weight excluding hydrogens is 294 g/mol. The molecule has 104 valence electrons. The smallest absolute Gasteiger partial charge is 0.239 e. The van der Waals surface area contributed by atoms with Crippen LogP contribution in [-0.4, -0.2) is 22.9 Å². The molecule has 0 aromatic heterocycles. The van der Waals surface area contributed by atoms with Crippen LogP contribution in [-0.2, 0) is 15.6 Å². The van der Waals surface area contributed by atoms with Crippen LogP contribution in [0.15, 0.2) is 59.5 Å². The summed E-state index contributed by atoms with van der Waals surface area (Å²) in [5, 5.41) is 0.514. The maximum absolute atomic E-state index is 12.1. The van der Waals surface area contributed by atoms with Gasteiger partial charge in [0.1, 0.15) is 5.75 Å². The van der Waals surface area contributed by atoms with Gasteiger partial charge in [-0.3, -0.25) is 9.00 Å². The molecule has 2 aromatic rings. The Morgan fingerprint density at radius 1 is 1.15 bits per heavy atom. The Morgan fingerprint density at radius 2 is 1.85 bits per heavy atom. The Bertz CT molecular complexity index is 631. The van der Waals surface area contributed by atoms with E-state index in [4.69, 9.17) is 11.6 Å². The monoisotopic (exact) mass is 307 g/mol. The van der Waals surface area contributed by atoms with Crippen LogP contribution in [0.4, 0.5) is 5.69 Å². The van der Waals surface area contributed by atoms with Gasteiger partial charge in [-0.25, -0.2) is 0 Å². The number of halogens is 1. The van der Waals surface area contributed by atoms with E-state index < -0.39 is 10.8 Å². The molecule has 0 saturated heterocycles. The third kappa shape index (κ3) is 3.68. The van der Waals surface area contributed by atoms with E-state index in [0.717, 1.165) is 5.69 Å². The number of rotatable bonds is 4. The predicted molar refractivity (Wildman–Crippen MR) is 82.6 cm³/mol. The van der Waals surface area contributed by atoms with E-state index in [-0.39, 0.29) is 11.7 Å². The van der Waals surface area contributed by atoms with Gasteiger partial charge in [0.15, 0.2) is 0 Å². The first-order valence-electron chi connectivity index (χ1n) is 6.03. The number of hydrogen-bond donors (Lipinski definition) is 0. The van der Waals surface area contributed by atoms with Crippen molar-refractivity contribution in [2.24, 2.45) is 0 Å². The minimum atomic E-state index is -1.39. The van der Waals surface area contributed by atoms with E-state index in [1.165, 1.54) is 4.90 Å². The van der Waals surface area contributed by atoms with Crippen molar-refractivity contribution in [1.82, 2.24) is 0 Å². The Labute approximate surface area is 125 Å². The molecule has 20 heavy (non-hydrogen) atoms. The molecule has 1 unspecified atom stereocenters. The zero-order valence-corrected chi connectivity index (χ0v) is 12.5. The van der Waals surface area contributed by atoms with E-state index in [1.807, 2.05) is 30.3 Å². The van der Waals surface area contributed by atoms with Crippen molar-refractivity contribution in [2.45, 2.75) is 4.90 Å². The maximum atomic E-state index is 12.1. The van der Waals surface area contributed by atoms with Crippen molar-refractivity contribution in [3.8, 4) is 0 Å². The van der Waals surface area contributed by atoms with Crippen molar-refractivity contribution in [3.63, 3.8) is 0 Å². The molecule has 0 saturated carbocycles. The zero-order chi connectivity index (χ0) is 14.5. The third-order valence-corrected chi connectivity index (χ3v) is 4.36. The number of benzene rings is 2. The second-order valence-corrected chi connectivity index (χ2v) is 6.12. The number of nitrogens with zero attached hydrogens (tertiary/aromatic N) is 1. The second kappa shape index (κ2) is 6.68. The van der Waals surface area contributed by atoms with E-state index in [1.54, 1.807) is 31.3 Å². The summed E-state index contributed by atoms with van der Waals surface area (Å²) in [7, 11) is 0.280. The maximum Gasteiger partial charge on any atom is 0.239 e. The molecule has 0 radical (unpaired) electrons. The normalized spacial score (nSPS) is 11.9. The molecule has 5 heteroatoms. The molecule has 3 nitrogen and oxygen atoms in total. The van der Waals surface area contributed by atoms with Gasteiger partial charge in [-0.1, -0.05) is 35.9 Å². The molecule has 0 aliphatic carbocycles. The number of amides is 1. The summed E-state index contributed by atoms with van der Waals surface area (Å²) in [5.74, 6) is -0.263. The van der Waals surface area contributed by atoms with Crippen LogP contribution >= 0.6 is 11.6 Å². The van der Waals surface area contributed by atoms with Crippen molar-refractivity contribution in [2.75, 3.05) is 17.7 Å². The molecule has 2 aromatic carbocycles. The highest BCUT2D eigenvalue weighted by molar-refractivity contribution is 7.85. The minimum absolute atomic E-state index is 0.0638. The predicted octanol–water partition coefficient (Wildman–Crippen LogP) is 3.11. The van der Waals surface area contributed by atoms with Gasteiger partial charge in [-0.05, 0) is 30.3 Å². The zero-order valence-electron chi connectivity index (χ0n) is 11.0. The number of hydrogen-bond acceptors (Lipinski definition) is 2. The van der Waals surface area contributed by atoms with Crippen LogP contribution in [0.25, 0.3) is 0 Å². The number of para-hydroxylation sites is 1. The van der Waals surface area contributed by atoms with Gasteiger partial charge in [0.05, 0.1) is 10.8 Å². The summed E-state index contributed by atoms with van der Waals surface area (Å²) < 4.78 is 12.1. The van der Waals surface area contributed by atoms with Gasteiger partial charge in [0.25, 0.3) is 0 Å². The Hall–Kier alpha value is -1.65. The summed E-state index contributed by atoms with van der Waals surface area (Å²) in [4.78, 5) is 14.2. The molecule has 2 rings (SSSR count). The van der Waals surface area contributed by atoms with E-state index in [9.17, 15) is 9.00 Å². The molecule has 0 heterocycles. The first kappa shape index (κ1) is 14.8. The lowest BCUT2D eigenvalue weighted by molar-refractivity contribution is -0.115. The average Bonchev–Trinajstić information content (AvgIpc) is 2.47. The average molecular weight is 308 g/mol. The standard InChI is InChI=1S/C15H14ClNO2S/c1-17(13-7-3-2-4-8-13)15(18)11-20(19)14-9-5-6-12(16)10-14/h2-10H,11H2,1H3. The van der Waals surface area contributed by atoms with Crippen molar-refractivity contribution >= 4 is 34.0 Å². The lowest BCUT2D eigenvalue weighted by Crippen LogP contribution is -2.30. The summed E-state index contributed by atoms with van der Waals surface area (Å²) >= 11 is 5.85. The van der Waals surface area contributed by atoms with Crippen molar-refractivity contribution in [1.29, 1.82) is 0 Å². The number of anilines is 1. The summed E-state index contributed by atoms with van der Waals surface area (Å²) in [5.41, 5.74) is 0.778. The van der Waals surface area contributed by atoms with Crippen LogP contribution < -0.4 is 4.90 Å². The van der Waals surface area contributed by atoms with Crippen molar-refractivity contribution < 1.29 is 9.00 Å². The highest BCUT2D eigenvalue weighted by Gasteiger charge is 2.15. The van der Waals surface area contributed by atoms with Gasteiger partial charge >= 0.3 is 0 Å². The second-order valence-electron chi connectivity index (χ2n) is 4.24. The van der Waals surface area contributed by atoms with Crippen LogP contribution in [0.5, 0.6) is 0 Å². The largest absolute Gasteiger partial charge is 0.315 e. The van der Waals surface area contributed by atoms with Gasteiger partial charge in [-0.15, -0.1) is 0 Å². The Kier molecular flexibility index (Phi) is 4.93. The van der Waals surface area contributed by atoms with E-state index in [2.05, 4.69) is 0 Å². The fraction of sp³-hybridized carbons (Fsp3) is 0.133. The topological polar surface area (TPSA) is 37.4 Å². The first-order valence-corrected chi connectivity index (χ1v) is 7.73. The molecule has 1 amide bonds. The minimum Gasteiger partial charge on any atom is -0.315 e. The molecule has 0 bridgehead atoms. The quantitative estimate of drug-likeness (QED) is 0.870. The highest BCUT2D eigenvalue weighted by atomic mass is 35.5. The molecular formula is C15H14ClNO2S. The molecule has 0 fully saturated rings. The molecule has 0 aliphatic heterocycles. The molecule has 1 atom stereocenters. The third-order valence-electron chi connectivity index (χ3n) is 2.83. The van der Waals surface area contributed by atoms with Crippen LogP contribution in [0.3, 0.4) is 0 Å². The number of carbonyl (C=O) groups excluding carboxylic acids is 1. The lowest BCUT2D eigenvalue weighted by atomic mass is 10.3. The molecule has 0 N–H and O–H groups in total. The Balaban J connectivity index is 2.06. The lowest BCUT2D eigenvalue weighted by Gasteiger charge is -2.16. The highest BCUT2D eigenvalue weighted by Crippen LogP contribution is 2.16. The van der Waals surface area contributed by atoms with E-state index in [0.29, 0.717) is 9.92 Å². The van der Waals surface area contributed by atoms with Gasteiger partial charge < -0.3 is 4.90 Å². The van der Waals surface area contributed by atoms with E-state index >= 15 is 0 Å². The van der Waals surface area contributed by atoms with Crippen molar-refractivity contribution in [3.05, 3.63) is 59.6 Å². The van der Waals surface area contributed by atoms with Crippen LogP contribution in [0, 0.1) is 0 Å². The summed E-state index contributed by atoms with van der Waals surface area (Å²) in [6.07, 6.45) is 0. The van der Waals surface area contributed by atoms with Crippen LogP contribution in [0.2, 0.25) is 5.02 Å². The summed E-state index contributed by atoms with van der Waals surface area (Å²) in [6.45, 7) is 0. The molecule has 0 aliphatic rings.